The average Bonchev–Trinajstić information content (AvgIpc) is 2.63. The first kappa shape index (κ1) is 20.0. The number of anilines is 1. The molecule has 0 fully saturated rings. The van der Waals surface area contributed by atoms with Crippen molar-refractivity contribution >= 4 is 33.5 Å². The van der Waals surface area contributed by atoms with Crippen molar-refractivity contribution in [3.8, 4) is 0 Å². The summed E-state index contributed by atoms with van der Waals surface area (Å²) in [4.78, 5) is 24.7. The third kappa shape index (κ3) is 5.33. The molecule has 6 heteroatoms. The molecule has 0 bridgehead atoms. The topological polar surface area (TPSA) is 67.4 Å². The van der Waals surface area contributed by atoms with Crippen molar-refractivity contribution in [2.75, 3.05) is 11.9 Å². The lowest BCUT2D eigenvalue weighted by Crippen LogP contribution is -2.31. The van der Waals surface area contributed by atoms with Crippen LogP contribution in [0.2, 0.25) is 0 Å². The number of carbonyl (C=O) groups is 2. The number of benzene rings is 2. The highest BCUT2D eigenvalue weighted by atomic mass is 79.9. The largest absolute Gasteiger partial charge is 0.464 e. The molecule has 0 aliphatic rings. The maximum Gasteiger partial charge on any atom is 0.328 e. The van der Waals surface area contributed by atoms with Gasteiger partial charge >= 0.3 is 5.97 Å². The van der Waals surface area contributed by atoms with Crippen LogP contribution in [0.4, 0.5) is 5.69 Å². The smallest absolute Gasteiger partial charge is 0.328 e. The highest BCUT2D eigenvalue weighted by molar-refractivity contribution is 9.10. The van der Waals surface area contributed by atoms with Gasteiger partial charge in [0.05, 0.1) is 18.2 Å². The van der Waals surface area contributed by atoms with Crippen LogP contribution in [0.15, 0.2) is 53.0 Å². The minimum Gasteiger partial charge on any atom is -0.464 e. The van der Waals surface area contributed by atoms with E-state index in [1.807, 2.05) is 43.3 Å². The molecule has 0 aliphatic carbocycles. The normalized spacial score (nSPS) is 12.8. The Kier molecular flexibility index (Phi) is 7.21. The monoisotopic (exact) mass is 418 g/mol. The van der Waals surface area contributed by atoms with Gasteiger partial charge in [0, 0.05) is 10.2 Å². The zero-order valence-electron chi connectivity index (χ0n) is 15.1. The SMILES string of the molecule is CCOC(=O)[C@@H](C)Nc1ccc(Br)cc1C(=O)N[C@H](C)c1ccccc1. The molecule has 0 radical (unpaired) electrons. The summed E-state index contributed by atoms with van der Waals surface area (Å²) < 4.78 is 5.79. The van der Waals surface area contributed by atoms with Gasteiger partial charge in [0.25, 0.3) is 5.91 Å². The summed E-state index contributed by atoms with van der Waals surface area (Å²) in [6.45, 7) is 5.70. The fraction of sp³-hybridized carbons (Fsp3) is 0.300. The second-order valence-corrected chi connectivity index (χ2v) is 6.83. The summed E-state index contributed by atoms with van der Waals surface area (Å²) in [7, 11) is 0. The summed E-state index contributed by atoms with van der Waals surface area (Å²) in [5.74, 6) is -0.583. The number of ether oxygens (including phenoxy) is 1. The molecule has 26 heavy (non-hydrogen) atoms. The molecular formula is C20H23BrN2O3. The summed E-state index contributed by atoms with van der Waals surface area (Å²) >= 11 is 3.40. The third-order valence-corrected chi connectivity index (χ3v) is 4.38. The quantitative estimate of drug-likeness (QED) is 0.657. The van der Waals surface area contributed by atoms with Gasteiger partial charge in [-0.05, 0) is 44.5 Å². The lowest BCUT2D eigenvalue weighted by molar-refractivity contribution is -0.143. The van der Waals surface area contributed by atoms with Crippen LogP contribution in [0, 0.1) is 0 Å². The predicted octanol–water partition coefficient (Wildman–Crippen LogP) is 4.30. The molecule has 2 atom stereocenters. The number of carbonyl (C=O) groups excluding carboxylic acids is 2. The zero-order chi connectivity index (χ0) is 19.1. The number of hydrogen-bond donors (Lipinski definition) is 2. The molecular weight excluding hydrogens is 396 g/mol. The summed E-state index contributed by atoms with van der Waals surface area (Å²) in [6, 6.07) is 14.3. The van der Waals surface area contributed by atoms with E-state index in [1.165, 1.54) is 0 Å². The van der Waals surface area contributed by atoms with Crippen molar-refractivity contribution < 1.29 is 14.3 Å². The van der Waals surface area contributed by atoms with E-state index in [2.05, 4.69) is 26.6 Å². The molecule has 1 amide bonds. The van der Waals surface area contributed by atoms with E-state index in [0.29, 0.717) is 17.9 Å². The highest BCUT2D eigenvalue weighted by Crippen LogP contribution is 2.23. The molecule has 2 N–H and O–H groups in total. The highest BCUT2D eigenvalue weighted by Gasteiger charge is 2.19. The number of rotatable bonds is 7. The zero-order valence-corrected chi connectivity index (χ0v) is 16.7. The maximum atomic E-state index is 12.8. The second-order valence-electron chi connectivity index (χ2n) is 5.91. The van der Waals surface area contributed by atoms with E-state index >= 15 is 0 Å². The van der Waals surface area contributed by atoms with Crippen LogP contribution in [0.1, 0.15) is 42.7 Å². The molecule has 0 saturated carbocycles. The van der Waals surface area contributed by atoms with Crippen molar-refractivity contribution in [1.29, 1.82) is 0 Å². The van der Waals surface area contributed by atoms with Crippen LogP contribution in [0.3, 0.4) is 0 Å². The fourth-order valence-electron chi connectivity index (χ4n) is 2.49. The van der Waals surface area contributed by atoms with E-state index < -0.39 is 6.04 Å². The molecule has 2 aromatic rings. The van der Waals surface area contributed by atoms with Crippen LogP contribution in [0.25, 0.3) is 0 Å². The molecule has 0 aliphatic heterocycles. The predicted molar refractivity (Wildman–Crippen MR) is 106 cm³/mol. The van der Waals surface area contributed by atoms with Crippen LogP contribution in [-0.4, -0.2) is 24.5 Å². The van der Waals surface area contributed by atoms with Crippen LogP contribution in [0.5, 0.6) is 0 Å². The van der Waals surface area contributed by atoms with Gasteiger partial charge < -0.3 is 15.4 Å². The molecule has 138 valence electrons. The number of nitrogens with one attached hydrogen (secondary N) is 2. The van der Waals surface area contributed by atoms with Gasteiger partial charge in [-0.3, -0.25) is 4.79 Å². The van der Waals surface area contributed by atoms with Crippen LogP contribution >= 0.6 is 15.9 Å². The maximum absolute atomic E-state index is 12.8. The number of hydrogen-bond acceptors (Lipinski definition) is 4. The first-order chi connectivity index (χ1) is 12.4. The number of esters is 1. The first-order valence-corrected chi connectivity index (χ1v) is 9.30. The van der Waals surface area contributed by atoms with E-state index in [1.54, 1.807) is 26.0 Å². The van der Waals surface area contributed by atoms with Gasteiger partial charge in [-0.15, -0.1) is 0 Å². The Bertz CT molecular complexity index is 765. The average molecular weight is 419 g/mol. The Balaban J connectivity index is 2.18. The molecule has 0 saturated heterocycles. The van der Waals surface area contributed by atoms with E-state index in [9.17, 15) is 9.59 Å². The van der Waals surface area contributed by atoms with Gasteiger partial charge in [0.15, 0.2) is 0 Å². The summed E-state index contributed by atoms with van der Waals surface area (Å²) in [5, 5.41) is 6.05. The minimum atomic E-state index is -0.561. The molecule has 0 spiro atoms. The first-order valence-electron chi connectivity index (χ1n) is 8.51. The molecule has 2 aromatic carbocycles. The summed E-state index contributed by atoms with van der Waals surface area (Å²) in [6.07, 6.45) is 0. The van der Waals surface area contributed by atoms with Crippen molar-refractivity contribution in [3.63, 3.8) is 0 Å². The lowest BCUT2D eigenvalue weighted by atomic mass is 10.1. The number of halogens is 1. The number of amides is 1. The van der Waals surface area contributed by atoms with E-state index in [-0.39, 0.29) is 17.9 Å². The van der Waals surface area contributed by atoms with Crippen molar-refractivity contribution in [3.05, 3.63) is 64.1 Å². The van der Waals surface area contributed by atoms with E-state index in [4.69, 9.17) is 4.74 Å². The molecule has 5 nitrogen and oxygen atoms in total. The molecule has 0 heterocycles. The Morgan fingerprint density at radius 2 is 1.81 bits per heavy atom. The van der Waals surface area contributed by atoms with Gasteiger partial charge in [0.1, 0.15) is 6.04 Å². The second kappa shape index (κ2) is 9.38. The molecule has 0 unspecified atom stereocenters. The van der Waals surface area contributed by atoms with Gasteiger partial charge in [0.2, 0.25) is 0 Å². The van der Waals surface area contributed by atoms with Gasteiger partial charge in [-0.2, -0.15) is 0 Å². The molecule has 0 aromatic heterocycles. The van der Waals surface area contributed by atoms with Crippen LogP contribution in [-0.2, 0) is 9.53 Å². The van der Waals surface area contributed by atoms with Gasteiger partial charge in [-0.25, -0.2) is 4.79 Å². The van der Waals surface area contributed by atoms with Crippen molar-refractivity contribution in [2.45, 2.75) is 32.9 Å². The Morgan fingerprint density at radius 3 is 2.46 bits per heavy atom. The van der Waals surface area contributed by atoms with Crippen LogP contribution < -0.4 is 10.6 Å². The van der Waals surface area contributed by atoms with Crippen molar-refractivity contribution in [2.24, 2.45) is 0 Å². The van der Waals surface area contributed by atoms with Crippen molar-refractivity contribution in [1.82, 2.24) is 5.32 Å². The van der Waals surface area contributed by atoms with E-state index in [0.717, 1.165) is 10.0 Å². The summed E-state index contributed by atoms with van der Waals surface area (Å²) in [5.41, 5.74) is 2.05. The lowest BCUT2D eigenvalue weighted by Gasteiger charge is -2.19. The Hall–Kier alpha value is -2.34. The third-order valence-electron chi connectivity index (χ3n) is 3.89. The fourth-order valence-corrected chi connectivity index (χ4v) is 2.85. The minimum absolute atomic E-state index is 0.141. The van der Waals surface area contributed by atoms with Gasteiger partial charge in [-0.1, -0.05) is 46.3 Å². The Labute approximate surface area is 162 Å². The Morgan fingerprint density at radius 1 is 1.12 bits per heavy atom. The standard InChI is InChI=1S/C20H23BrN2O3/c1-4-26-20(25)14(3)22-18-11-10-16(21)12-17(18)19(24)23-13(2)15-8-6-5-7-9-15/h5-14,22H,4H2,1-3H3,(H,23,24)/t13-,14-/m1/s1. The molecule has 2 rings (SSSR count).